The second-order valence-corrected chi connectivity index (χ2v) is 5.74. The van der Waals surface area contributed by atoms with Crippen LogP contribution in [0.4, 0.5) is 0 Å². The Kier molecular flexibility index (Phi) is 4.30. The van der Waals surface area contributed by atoms with Crippen LogP contribution in [-0.4, -0.2) is 11.9 Å². The third-order valence-corrected chi connectivity index (χ3v) is 4.09. The summed E-state index contributed by atoms with van der Waals surface area (Å²) in [5.41, 5.74) is 2.49. The van der Waals surface area contributed by atoms with Gasteiger partial charge >= 0.3 is 5.97 Å². The smallest absolute Gasteiger partial charge is 0.363 e. The highest BCUT2D eigenvalue weighted by Crippen LogP contribution is 2.22. The Morgan fingerprint density at radius 2 is 2.05 bits per heavy atom. The van der Waals surface area contributed by atoms with Gasteiger partial charge in [-0.2, -0.15) is 0 Å². The second-order valence-electron chi connectivity index (χ2n) is 4.80. The Labute approximate surface area is 133 Å². The molecule has 110 valence electrons. The van der Waals surface area contributed by atoms with E-state index >= 15 is 0 Å². The van der Waals surface area contributed by atoms with Gasteiger partial charge in [0.25, 0.3) is 0 Å². The van der Waals surface area contributed by atoms with Crippen LogP contribution in [0.2, 0.25) is 0 Å². The monoisotopic (exact) mass is 309 g/mol. The predicted octanol–water partition coefficient (Wildman–Crippen LogP) is 4.43. The van der Waals surface area contributed by atoms with Crippen molar-refractivity contribution in [2.45, 2.75) is 13.3 Å². The number of ether oxygens (including phenoxy) is 1. The van der Waals surface area contributed by atoms with E-state index in [9.17, 15) is 4.79 Å². The van der Waals surface area contributed by atoms with E-state index in [1.165, 1.54) is 11.3 Å². The van der Waals surface area contributed by atoms with Gasteiger partial charge in [0, 0.05) is 0 Å². The lowest BCUT2D eigenvalue weighted by Gasteiger charge is -1.99. The molecule has 0 saturated heterocycles. The molecule has 1 aliphatic rings. The molecule has 0 spiro atoms. The van der Waals surface area contributed by atoms with E-state index in [0.29, 0.717) is 11.6 Å². The summed E-state index contributed by atoms with van der Waals surface area (Å²) in [5.74, 6) is -0.00257. The number of nitrogens with zero attached hydrogens (tertiary/aromatic N) is 1. The Morgan fingerprint density at radius 3 is 2.73 bits per heavy atom. The van der Waals surface area contributed by atoms with Gasteiger partial charge in [-0.25, -0.2) is 9.79 Å². The highest BCUT2D eigenvalue weighted by molar-refractivity contribution is 7.12. The Bertz CT molecular complexity index is 756. The van der Waals surface area contributed by atoms with Crippen LogP contribution in [0.25, 0.3) is 6.08 Å². The van der Waals surface area contributed by atoms with Gasteiger partial charge in [0.2, 0.25) is 5.90 Å². The summed E-state index contributed by atoms with van der Waals surface area (Å²) in [6.45, 7) is 2.05. The van der Waals surface area contributed by atoms with Crippen LogP contribution >= 0.6 is 11.3 Å². The molecule has 4 heteroatoms. The van der Waals surface area contributed by atoms with Crippen LogP contribution in [0.5, 0.6) is 0 Å². The average molecular weight is 309 g/mol. The fourth-order valence-electron chi connectivity index (χ4n) is 2.10. The van der Waals surface area contributed by atoms with E-state index in [2.05, 4.69) is 18.0 Å². The molecule has 0 fully saturated rings. The first-order chi connectivity index (χ1) is 10.8. The molecule has 1 aromatic carbocycles. The largest absolute Gasteiger partial charge is 0.401 e. The molecular weight excluding hydrogens is 294 g/mol. The Balaban J connectivity index is 1.89. The van der Waals surface area contributed by atoms with Crippen molar-refractivity contribution in [3.63, 3.8) is 0 Å². The molecule has 2 aromatic rings. The van der Waals surface area contributed by atoms with Crippen molar-refractivity contribution in [3.05, 3.63) is 75.6 Å². The van der Waals surface area contributed by atoms with E-state index < -0.39 is 5.97 Å². The van der Waals surface area contributed by atoms with E-state index in [1.807, 2.05) is 47.8 Å². The van der Waals surface area contributed by atoms with Crippen molar-refractivity contribution < 1.29 is 9.53 Å². The third-order valence-electron chi connectivity index (χ3n) is 3.23. The maximum atomic E-state index is 12.0. The van der Waals surface area contributed by atoms with Crippen molar-refractivity contribution in [3.8, 4) is 0 Å². The van der Waals surface area contributed by atoms with E-state index in [0.717, 1.165) is 22.4 Å². The van der Waals surface area contributed by atoms with Gasteiger partial charge in [-0.3, -0.25) is 0 Å². The van der Waals surface area contributed by atoms with Gasteiger partial charge in [-0.15, -0.1) is 11.3 Å². The second kappa shape index (κ2) is 6.54. The minimum Gasteiger partial charge on any atom is -0.401 e. The lowest BCUT2D eigenvalue weighted by atomic mass is 10.1. The standard InChI is InChI=1S/C18H15NO2S/c1-2-13(11-14-7-4-3-5-8-14)12-15-18(20)21-17(19-15)16-9-6-10-22-16/h3-12H,2H2,1H3/b13-11+,15-12-. The maximum Gasteiger partial charge on any atom is 0.363 e. The topological polar surface area (TPSA) is 38.7 Å². The number of hydrogen-bond acceptors (Lipinski definition) is 4. The van der Waals surface area contributed by atoms with E-state index in [-0.39, 0.29) is 0 Å². The molecule has 0 saturated carbocycles. The van der Waals surface area contributed by atoms with Gasteiger partial charge in [-0.05, 0) is 35.1 Å². The molecule has 0 amide bonds. The summed E-state index contributed by atoms with van der Waals surface area (Å²) in [5, 5.41) is 1.93. The molecule has 0 atom stereocenters. The molecule has 0 radical (unpaired) electrons. The number of cyclic esters (lactones) is 1. The number of esters is 1. The van der Waals surface area contributed by atoms with Gasteiger partial charge in [0.05, 0.1) is 4.88 Å². The van der Waals surface area contributed by atoms with Crippen molar-refractivity contribution in [2.75, 3.05) is 0 Å². The van der Waals surface area contributed by atoms with Crippen LogP contribution in [0.3, 0.4) is 0 Å². The number of hydrogen-bond donors (Lipinski definition) is 0. The molecule has 22 heavy (non-hydrogen) atoms. The molecule has 2 heterocycles. The number of thiophene rings is 1. The number of carbonyl (C=O) groups excluding carboxylic acids is 1. The molecule has 1 aromatic heterocycles. The number of carbonyl (C=O) groups is 1. The number of aliphatic imine (C=N–C) groups is 1. The molecule has 0 N–H and O–H groups in total. The molecule has 0 aliphatic carbocycles. The van der Waals surface area contributed by atoms with Gasteiger partial charge in [0.15, 0.2) is 5.70 Å². The summed E-state index contributed by atoms with van der Waals surface area (Å²) in [6.07, 6.45) is 4.67. The molecule has 0 bridgehead atoms. The van der Waals surface area contributed by atoms with Crippen molar-refractivity contribution in [1.29, 1.82) is 0 Å². The molecule has 1 aliphatic heterocycles. The predicted molar refractivity (Wildman–Crippen MR) is 89.7 cm³/mol. The molecule has 0 unspecified atom stereocenters. The third kappa shape index (κ3) is 3.23. The zero-order valence-corrected chi connectivity index (χ0v) is 13.0. The first-order valence-electron chi connectivity index (χ1n) is 7.08. The van der Waals surface area contributed by atoms with Gasteiger partial charge in [0.1, 0.15) is 0 Å². The summed E-state index contributed by atoms with van der Waals surface area (Å²) in [6, 6.07) is 13.8. The molecular formula is C18H15NO2S. The Hall–Kier alpha value is -2.46. The normalized spacial score (nSPS) is 16.8. The molecule has 3 nitrogen and oxygen atoms in total. The van der Waals surface area contributed by atoms with Gasteiger partial charge in [-0.1, -0.05) is 49.4 Å². The lowest BCUT2D eigenvalue weighted by Crippen LogP contribution is -2.03. The fraction of sp³-hybridized carbons (Fsp3) is 0.111. The summed E-state index contributed by atoms with van der Waals surface area (Å²) >= 11 is 1.50. The van der Waals surface area contributed by atoms with Crippen LogP contribution in [0.15, 0.2) is 70.2 Å². The minimum absolute atomic E-state index is 0.354. The summed E-state index contributed by atoms with van der Waals surface area (Å²) in [4.78, 5) is 17.1. The van der Waals surface area contributed by atoms with E-state index in [1.54, 1.807) is 6.08 Å². The number of benzene rings is 1. The zero-order valence-electron chi connectivity index (χ0n) is 12.2. The van der Waals surface area contributed by atoms with Crippen molar-refractivity contribution >= 4 is 29.3 Å². The van der Waals surface area contributed by atoms with Gasteiger partial charge < -0.3 is 4.74 Å². The maximum absolute atomic E-state index is 12.0. The fourth-order valence-corrected chi connectivity index (χ4v) is 2.75. The van der Waals surface area contributed by atoms with E-state index in [4.69, 9.17) is 4.74 Å². The SMILES string of the molecule is CCC(/C=C1\N=C(c2cccs2)OC1=O)=C\c1ccccc1. The van der Waals surface area contributed by atoms with Crippen LogP contribution in [-0.2, 0) is 9.53 Å². The number of rotatable bonds is 4. The summed E-state index contributed by atoms with van der Waals surface area (Å²) in [7, 11) is 0. The lowest BCUT2D eigenvalue weighted by molar-refractivity contribution is -0.130. The minimum atomic E-state index is -0.393. The zero-order chi connectivity index (χ0) is 15.4. The molecule has 3 rings (SSSR count). The van der Waals surface area contributed by atoms with Crippen LogP contribution in [0.1, 0.15) is 23.8 Å². The van der Waals surface area contributed by atoms with Crippen molar-refractivity contribution in [2.24, 2.45) is 4.99 Å². The highest BCUT2D eigenvalue weighted by Gasteiger charge is 2.24. The first kappa shape index (κ1) is 14.5. The quantitative estimate of drug-likeness (QED) is 0.619. The first-order valence-corrected chi connectivity index (χ1v) is 7.96. The number of allylic oxidation sites excluding steroid dienone is 2. The van der Waals surface area contributed by atoms with Crippen molar-refractivity contribution in [1.82, 2.24) is 0 Å². The van der Waals surface area contributed by atoms with Crippen LogP contribution < -0.4 is 0 Å². The Morgan fingerprint density at radius 1 is 1.23 bits per heavy atom. The van der Waals surface area contributed by atoms with Crippen LogP contribution in [0, 0.1) is 0 Å². The highest BCUT2D eigenvalue weighted by atomic mass is 32.1. The summed E-state index contributed by atoms with van der Waals surface area (Å²) < 4.78 is 5.24. The average Bonchev–Trinajstić information content (AvgIpc) is 3.18.